The van der Waals surface area contributed by atoms with E-state index in [1.54, 1.807) is 0 Å². The number of pyridine rings is 1. The van der Waals surface area contributed by atoms with Crippen LogP contribution in [0.1, 0.15) is 39.2 Å². The minimum Gasteiger partial charge on any atom is -0.296 e. The Morgan fingerprint density at radius 2 is 2.00 bits per heavy atom. The zero-order chi connectivity index (χ0) is 19.9. The number of hydrogen-bond donors (Lipinski definition) is 0. The van der Waals surface area contributed by atoms with Crippen molar-refractivity contribution in [2.45, 2.75) is 46.3 Å². The second-order valence-electron chi connectivity index (χ2n) is 6.97. The van der Waals surface area contributed by atoms with Gasteiger partial charge in [0.2, 0.25) is 0 Å². The highest BCUT2D eigenvalue weighted by atomic mass is 19.1. The largest absolute Gasteiger partial charge is 0.296 e. The Hall–Kier alpha value is -2.32. The fourth-order valence-corrected chi connectivity index (χ4v) is 3.22. The summed E-state index contributed by atoms with van der Waals surface area (Å²) in [4.78, 5) is 6.24. The molecule has 144 valence electrons. The molecular weight excluding hydrogens is 344 g/mol. The van der Waals surface area contributed by atoms with Gasteiger partial charge in [0.15, 0.2) is 0 Å². The summed E-state index contributed by atoms with van der Waals surface area (Å²) >= 11 is 0. The van der Waals surface area contributed by atoms with Crippen molar-refractivity contribution in [3.63, 3.8) is 0 Å². The van der Waals surface area contributed by atoms with Crippen LogP contribution in [0.3, 0.4) is 0 Å². The van der Waals surface area contributed by atoms with Gasteiger partial charge in [0.05, 0.1) is 11.8 Å². The Labute approximate surface area is 160 Å². The number of aromatic nitrogens is 1. The smallest absolute Gasteiger partial charge is 0.131 e. The number of halogens is 2. The van der Waals surface area contributed by atoms with Gasteiger partial charge in [-0.3, -0.25) is 9.88 Å². The van der Waals surface area contributed by atoms with E-state index in [-0.39, 0.29) is 18.8 Å². The van der Waals surface area contributed by atoms with E-state index >= 15 is 0 Å². The first-order valence-corrected chi connectivity index (χ1v) is 9.45. The lowest BCUT2D eigenvalue weighted by atomic mass is 9.76. The molecule has 0 bridgehead atoms. The molecule has 2 atom stereocenters. The topological polar surface area (TPSA) is 39.9 Å². The summed E-state index contributed by atoms with van der Waals surface area (Å²) < 4.78 is 28.9. The van der Waals surface area contributed by atoms with Gasteiger partial charge in [0.25, 0.3) is 0 Å². The lowest BCUT2D eigenvalue weighted by Crippen LogP contribution is -2.47. The maximum Gasteiger partial charge on any atom is 0.131 e. The minimum absolute atomic E-state index is 0.212. The highest BCUT2D eigenvalue weighted by molar-refractivity contribution is 5.58. The lowest BCUT2D eigenvalue weighted by molar-refractivity contribution is 0.0182. The van der Waals surface area contributed by atoms with Crippen LogP contribution in [-0.4, -0.2) is 29.1 Å². The molecule has 0 aliphatic carbocycles. The molecule has 3 nitrogen and oxygen atoms in total. The molecule has 5 heteroatoms. The monoisotopic (exact) mass is 371 g/mol. The highest BCUT2D eigenvalue weighted by Crippen LogP contribution is 2.37. The maximum atomic E-state index is 14.5. The van der Waals surface area contributed by atoms with E-state index in [9.17, 15) is 8.78 Å². The highest BCUT2D eigenvalue weighted by Gasteiger charge is 2.39. The SMILES string of the molecule is CC.CC1(CC#N)CCN(Cc2cnc(-c3ccccc3)cc2F)CC1F. The van der Waals surface area contributed by atoms with Gasteiger partial charge in [-0.05, 0) is 13.0 Å². The van der Waals surface area contributed by atoms with Crippen molar-refractivity contribution in [1.29, 1.82) is 5.26 Å². The van der Waals surface area contributed by atoms with Gasteiger partial charge in [0.1, 0.15) is 12.0 Å². The number of piperidine rings is 1. The predicted octanol–water partition coefficient (Wildman–Crippen LogP) is 5.38. The van der Waals surface area contributed by atoms with Crippen molar-refractivity contribution < 1.29 is 8.78 Å². The van der Waals surface area contributed by atoms with Gasteiger partial charge in [-0.1, -0.05) is 51.1 Å². The van der Waals surface area contributed by atoms with Crippen molar-refractivity contribution in [2.75, 3.05) is 13.1 Å². The van der Waals surface area contributed by atoms with E-state index in [2.05, 4.69) is 11.1 Å². The molecule has 1 aliphatic heterocycles. The summed E-state index contributed by atoms with van der Waals surface area (Å²) in [5, 5.41) is 8.87. The number of hydrogen-bond acceptors (Lipinski definition) is 3. The van der Waals surface area contributed by atoms with Crippen molar-refractivity contribution in [3.05, 3.63) is 54.0 Å². The van der Waals surface area contributed by atoms with Gasteiger partial charge in [0, 0.05) is 48.3 Å². The number of likely N-dealkylation sites (tertiary alicyclic amines) is 1. The molecule has 0 saturated carbocycles. The standard InChI is InChI=1S/C20H21F2N3.C2H6/c1-20(7-9-23)8-10-25(14-19(20)22)13-16-12-24-18(11-17(16)21)15-5-3-2-4-6-15;1-2/h2-6,11-12,19H,7-8,10,13-14H2,1H3;1-2H3. The van der Waals surface area contributed by atoms with E-state index in [0.717, 1.165) is 5.56 Å². The van der Waals surface area contributed by atoms with Crippen molar-refractivity contribution >= 4 is 0 Å². The van der Waals surface area contributed by atoms with Crippen LogP contribution in [0.2, 0.25) is 0 Å². The van der Waals surface area contributed by atoms with E-state index in [1.807, 2.05) is 56.0 Å². The molecule has 27 heavy (non-hydrogen) atoms. The molecule has 0 amide bonds. The van der Waals surface area contributed by atoms with Gasteiger partial charge in [-0.25, -0.2) is 8.78 Å². The molecule has 1 fully saturated rings. The Morgan fingerprint density at radius 3 is 2.59 bits per heavy atom. The van der Waals surface area contributed by atoms with Crippen LogP contribution in [0.15, 0.2) is 42.6 Å². The molecule has 1 aromatic heterocycles. The number of benzene rings is 1. The average Bonchev–Trinajstić information content (AvgIpc) is 2.69. The van der Waals surface area contributed by atoms with Crippen LogP contribution >= 0.6 is 0 Å². The van der Waals surface area contributed by atoms with Gasteiger partial charge >= 0.3 is 0 Å². The third kappa shape index (κ3) is 5.11. The van der Waals surface area contributed by atoms with E-state index < -0.39 is 11.6 Å². The molecule has 1 aromatic carbocycles. The first-order chi connectivity index (χ1) is 13.0. The fourth-order valence-electron chi connectivity index (χ4n) is 3.22. The molecular formula is C22H27F2N3. The molecule has 0 N–H and O–H groups in total. The normalized spacial score (nSPS) is 22.4. The van der Waals surface area contributed by atoms with Crippen LogP contribution in [0, 0.1) is 22.6 Å². The maximum absolute atomic E-state index is 14.5. The third-order valence-corrected chi connectivity index (χ3v) is 5.05. The number of nitrogens with zero attached hydrogens (tertiary/aromatic N) is 3. The second-order valence-corrected chi connectivity index (χ2v) is 6.97. The van der Waals surface area contributed by atoms with Crippen LogP contribution in [0.5, 0.6) is 0 Å². The first-order valence-electron chi connectivity index (χ1n) is 9.45. The quantitative estimate of drug-likeness (QED) is 0.725. The fraction of sp³-hybridized carbons (Fsp3) is 0.455. The van der Waals surface area contributed by atoms with Crippen molar-refractivity contribution in [3.8, 4) is 17.3 Å². The molecule has 2 aromatic rings. The van der Waals surface area contributed by atoms with Crippen molar-refractivity contribution in [2.24, 2.45) is 5.41 Å². The Kier molecular flexibility index (Phi) is 7.44. The molecule has 2 heterocycles. The zero-order valence-electron chi connectivity index (χ0n) is 16.3. The number of alkyl halides is 1. The molecule has 2 unspecified atom stereocenters. The summed E-state index contributed by atoms with van der Waals surface area (Å²) in [5.74, 6) is -0.324. The zero-order valence-corrected chi connectivity index (χ0v) is 16.3. The molecule has 1 saturated heterocycles. The van der Waals surface area contributed by atoms with Crippen LogP contribution in [0.25, 0.3) is 11.3 Å². The summed E-state index contributed by atoms with van der Waals surface area (Å²) in [7, 11) is 0. The summed E-state index contributed by atoms with van der Waals surface area (Å²) in [6.07, 6.45) is 1.26. The van der Waals surface area contributed by atoms with Gasteiger partial charge < -0.3 is 0 Å². The van der Waals surface area contributed by atoms with Crippen LogP contribution < -0.4 is 0 Å². The van der Waals surface area contributed by atoms with E-state index in [0.29, 0.717) is 30.8 Å². The summed E-state index contributed by atoms with van der Waals surface area (Å²) in [5.41, 5.74) is 1.32. The Balaban J connectivity index is 0.00000126. The van der Waals surface area contributed by atoms with Crippen LogP contribution in [0.4, 0.5) is 8.78 Å². The first kappa shape index (κ1) is 21.0. The van der Waals surface area contributed by atoms with Crippen LogP contribution in [-0.2, 0) is 6.54 Å². The molecule has 0 spiro atoms. The Bertz CT molecular complexity index is 773. The Morgan fingerprint density at radius 1 is 1.30 bits per heavy atom. The summed E-state index contributed by atoms with van der Waals surface area (Å²) in [6.45, 7) is 7.02. The van der Waals surface area contributed by atoms with E-state index in [4.69, 9.17) is 5.26 Å². The molecule has 1 aliphatic rings. The predicted molar refractivity (Wildman–Crippen MR) is 104 cm³/mol. The lowest BCUT2D eigenvalue weighted by Gasteiger charge is -2.40. The molecule has 0 radical (unpaired) electrons. The third-order valence-electron chi connectivity index (χ3n) is 5.05. The number of nitriles is 1. The van der Waals surface area contributed by atoms with E-state index in [1.165, 1.54) is 12.3 Å². The number of rotatable bonds is 4. The second kappa shape index (κ2) is 9.57. The summed E-state index contributed by atoms with van der Waals surface area (Å²) in [6, 6.07) is 12.9. The molecule has 3 rings (SSSR count). The van der Waals surface area contributed by atoms with Gasteiger partial charge in [-0.15, -0.1) is 0 Å². The average molecular weight is 371 g/mol. The van der Waals surface area contributed by atoms with Crippen molar-refractivity contribution in [1.82, 2.24) is 9.88 Å². The van der Waals surface area contributed by atoms with Gasteiger partial charge in [-0.2, -0.15) is 5.26 Å². The minimum atomic E-state index is -1.08.